The second-order valence-electron chi connectivity index (χ2n) is 4.51. The fourth-order valence-corrected chi connectivity index (χ4v) is 2.32. The maximum Gasteiger partial charge on any atom is 0.106 e. The summed E-state index contributed by atoms with van der Waals surface area (Å²) in [4.78, 5) is 0. The molecule has 0 aromatic carbocycles. The molecule has 0 aliphatic carbocycles. The van der Waals surface area contributed by atoms with E-state index in [0.29, 0.717) is 6.04 Å². The molecule has 1 aromatic heterocycles. The predicted octanol–water partition coefficient (Wildman–Crippen LogP) is 4.05. The Kier molecular flexibility index (Phi) is 5.07. The lowest BCUT2D eigenvalue weighted by atomic mass is 9.97. The standard InChI is InChI=1S/C14H25NO/c1-6-8-9-13(15-7-2)14-10(3)11(4)16-12(14)5/h13,15H,6-9H2,1-5H3. The zero-order chi connectivity index (χ0) is 12.1. The summed E-state index contributed by atoms with van der Waals surface area (Å²) in [5.41, 5.74) is 2.70. The largest absolute Gasteiger partial charge is 0.466 e. The summed E-state index contributed by atoms with van der Waals surface area (Å²) in [6.07, 6.45) is 3.71. The Balaban J connectivity index is 2.90. The first-order chi connectivity index (χ1) is 7.61. The van der Waals surface area contributed by atoms with Crippen LogP contribution in [0.15, 0.2) is 4.42 Å². The highest BCUT2D eigenvalue weighted by atomic mass is 16.3. The Bertz CT molecular complexity index is 328. The molecule has 1 heterocycles. The number of furan rings is 1. The minimum Gasteiger partial charge on any atom is -0.466 e. The third-order valence-electron chi connectivity index (χ3n) is 3.26. The van der Waals surface area contributed by atoms with Gasteiger partial charge in [0.2, 0.25) is 0 Å². The number of aryl methyl sites for hydroxylation is 2. The second-order valence-corrected chi connectivity index (χ2v) is 4.51. The lowest BCUT2D eigenvalue weighted by Crippen LogP contribution is -2.21. The van der Waals surface area contributed by atoms with E-state index in [9.17, 15) is 0 Å². The average Bonchev–Trinajstić information content (AvgIpc) is 2.49. The van der Waals surface area contributed by atoms with Crippen LogP contribution >= 0.6 is 0 Å². The molecule has 2 nitrogen and oxygen atoms in total. The van der Waals surface area contributed by atoms with Gasteiger partial charge < -0.3 is 9.73 Å². The fourth-order valence-electron chi connectivity index (χ4n) is 2.32. The highest BCUT2D eigenvalue weighted by molar-refractivity contribution is 5.34. The molecule has 0 aliphatic heterocycles. The van der Waals surface area contributed by atoms with Crippen LogP contribution < -0.4 is 5.32 Å². The van der Waals surface area contributed by atoms with Crippen LogP contribution in [0.4, 0.5) is 0 Å². The van der Waals surface area contributed by atoms with Crippen LogP contribution in [-0.2, 0) is 0 Å². The summed E-state index contributed by atoms with van der Waals surface area (Å²) >= 11 is 0. The summed E-state index contributed by atoms with van der Waals surface area (Å²) in [5, 5.41) is 3.57. The molecule has 1 unspecified atom stereocenters. The number of nitrogens with one attached hydrogen (secondary N) is 1. The first-order valence-electron chi connectivity index (χ1n) is 6.41. The normalized spacial score (nSPS) is 13.1. The van der Waals surface area contributed by atoms with Crippen LogP contribution in [-0.4, -0.2) is 6.54 Å². The van der Waals surface area contributed by atoms with E-state index in [1.165, 1.54) is 30.4 Å². The second kappa shape index (κ2) is 6.09. The summed E-state index contributed by atoms with van der Waals surface area (Å²) < 4.78 is 5.71. The minimum atomic E-state index is 0.461. The predicted molar refractivity (Wildman–Crippen MR) is 68.9 cm³/mol. The van der Waals surface area contributed by atoms with Gasteiger partial charge in [0.15, 0.2) is 0 Å². The Morgan fingerprint density at radius 1 is 1.12 bits per heavy atom. The quantitative estimate of drug-likeness (QED) is 0.787. The molecule has 0 bridgehead atoms. The molecule has 1 rings (SSSR count). The number of unbranched alkanes of at least 4 members (excludes halogenated alkanes) is 1. The van der Waals surface area contributed by atoms with Gasteiger partial charge >= 0.3 is 0 Å². The SMILES string of the molecule is CCCCC(NCC)c1c(C)oc(C)c1C. The van der Waals surface area contributed by atoms with Gasteiger partial charge in [-0.25, -0.2) is 0 Å². The van der Waals surface area contributed by atoms with E-state index in [2.05, 4.69) is 39.9 Å². The summed E-state index contributed by atoms with van der Waals surface area (Å²) in [5.74, 6) is 2.14. The molecule has 0 radical (unpaired) electrons. The first kappa shape index (κ1) is 13.3. The number of rotatable bonds is 6. The molecular formula is C14H25NO. The van der Waals surface area contributed by atoms with Crippen LogP contribution in [0, 0.1) is 20.8 Å². The van der Waals surface area contributed by atoms with Gasteiger partial charge in [0.1, 0.15) is 11.5 Å². The molecule has 0 aliphatic rings. The molecule has 0 saturated carbocycles. The average molecular weight is 223 g/mol. The van der Waals surface area contributed by atoms with Gasteiger partial charge in [-0.2, -0.15) is 0 Å². The van der Waals surface area contributed by atoms with Crippen molar-refractivity contribution in [3.8, 4) is 0 Å². The smallest absolute Gasteiger partial charge is 0.106 e. The van der Waals surface area contributed by atoms with E-state index in [-0.39, 0.29) is 0 Å². The van der Waals surface area contributed by atoms with E-state index in [1.54, 1.807) is 0 Å². The number of hydrogen-bond donors (Lipinski definition) is 1. The van der Waals surface area contributed by atoms with Crippen LogP contribution in [0.5, 0.6) is 0 Å². The molecule has 1 aromatic rings. The summed E-state index contributed by atoms with van der Waals surface area (Å²) in [6, 6.07) is 0.461. The van der Waals surface area contributed by atoms with E-state index < -0.39 is 0 Å². The van der Waals surface area contributed by atoms with Gasteiger partial charge in [-0.1, -0.05) is 26.7 Å². The molecule has 0 spiro atoms. The van der Waals surface area contributed by atoms with Crippen molar-refractivity contribution in [2.75, 3.05) is 6.54 Å². The maximum absolute atomic E-state index is 5.71. The van der Waals surface area contributed by atoms with E-state index in [4.69, 9.17) is 4.42 Å². The Morgan fingerprint density at radius 3 is 2.25 bits per heavy atom. The van der Waals surface area contributed by atoms with E-state index in [1.807, 2.05) is 0 Å². The summed E-state index contributed by atoms with van der Waals surface area (Å²) in [6.45, 7) is 11.7. The Hall–Kier alpha value is -0.760. The molecule has 16 heavy (non-hydrogen) atoms. The van der Waals surface area contributed by atoms with Crippen LogP contribution in [0.3, 0.4) is 0 Å². The molecule has 92 valence electrons. The van der Waals surface area contributed by atoms with Gasteiger partial charge in [0, 0.05) is 11.6 Å². The van der Waals surface area contributed by atoms with Crippen molar-refractivity contribution in [2.45, 2.75) is 59.9 Å². The number of hydrogen-bond acceptors (Lipinski definition) is 2. The Labute approximate surface area is 99.4 Å². The zero-order valence-corrected chi connectivity index (χ0v) is 11.3. The molecule has 1 atom stereocenters. The first-order valence-corrected chi connectivity index (χ1v) is 6.41. The van der Waals surface area contributed by atoms with Crippen LogP contribution in [0.2, 0.25) is 0 Å². The van der Waals surface area contributed by atoms with Crippen LogP contribution in [0.25, 0.3) is 0 Å². The van der Waals surface area contributed by atoms with Crippen molar-refractivity contribution in [2.24, 2.45) is 0 Å². The lowest BCUT2D eigenvalue weighted by molar-refractivity contribution is 0.466. The van der Waals surface area contributed by atoms with Crippen molar-refractivity contribution < 1.29 is 4.42 Å². The molecule has 2 heteroatoms. The topological polar surface area (TPSA) is 25.2 Å². The molecule has 0 fully saturated rings. The van der Waals surface area contributed by atoms with Crippen molar-refractivity contribution in [3.05, 3.63) is 22.6 Å². The van der Waals surface area contributed by atoms with Gasteiger partial charge in [0.25, 0.3) is 0 Å². The van der Waals surface area contributed by atoms with Crippen molar-refractivity contribution in [1.82, 2.24) is 5.32 Å². The minimum absolute atomic E-state index is 0.461. The van der Waals surface area contributed by atoms with Crippen molar-refractivity contribution in [3.63, 3.8) is 0 Å². The van der Waals surface area contributed by atoms with Crippen molar-refractivity contribution in [1.29, 1.82) is 0 Å². The van der Waals surface area contributed by atoms with Gasteiger partial charge in [-0.3, -0.25) is 0 Å². The fraction of sp³-hybridized carbons (Fsp3) is 0.714. The third kappa shape index (κ3) is 2.88. The maximum atomic E-state index is 5.71. The van der Waals surface area contributed by atoms with E-state index >= 15 is 0 Å². The summed E-state index contributed by atoms with van der Waals surface area (Å²) in [7, 11) is 0. The molecule has 1 N–H and O–H groups in total. The Morgan fingerprint density at radius 2 is 1.81 bits per heavy atom. The van der Waals surface area contributed by atoms with Gasteiger partial charge in [-0.05, 0) is 39.3 Å². The van der Waals surface area contributed by atoms with Crippen LogP contribution in [0.1, 0.15) is 61.8 Å². The highest BCUT2D eigenvalue weighted by Gasteiger charge is 2.19. The molecular weight excluding hydrogens is 198 g/mol. The monoisotopic (exact) mass is 223 g/mol. The van der Waals surface area contributed by atoms with E-state index in [0.717, 1.165) is 18.1 Å². The molecule has 0 amide bonds. The molecule has 0 saturated heterocycles. The zero-order valence-electron chi connectivity index (χ0n) is 11.3. The highest BCUT2D eigenvalue weighted by Crippen LogP contribution is 2.29. The van der Waals surface area contributed by atoms with Gasteiger partial charge in [-0.15, -0.1) is 0 Å². The van der Waals surface area contributed by atoms with Gasteiger partial charge in [0.05, 0.1) is 0 Å². The lowest BCUT2D eigenvalue weighted by Gasteiger charge is -2.18. The third-order valence-corrected chi connectivity index (χ3v) is 3.26. The van der Waals surface area contributed by atoms with Crippen molar-refractivity contribution >= 4 is 0 Å².